The Labute approximate surface area is 183 Å². The fourth-order valence-corrected chi connectivity index (χ4v) is 5.12. The number of benzene rings is 2. The summed E-state index contributed by atoms with van der Waals surface area (Å²) in [5.41, 5.74) is 2.81. The molecule has 10 heteroatoms. The van der Waals surface area contributed by atoms with E-state index >= 15 is 0 Å². The molecule has 7 nitrogen and oxygen atoms in total. The number of ketones is 1. The Bertz CT molecular complexity index is 1190. The van der Waals surface area contributed by atoms with Gasteiger partial charge in [-0.05, 0) is 61.4 Å². The van der Waals surface area contributed by atoms with Gasteiger partial charge in [0.2, 0.25) is 15.9 Å². The first-order chi connectivity index (χ1) is 14.4. The van der Waals surface area contributed by atoms with Gasteiger partial charge < -0.3 is 4.42 Å². The molecule has 1 aliphatic heterocycles. The van der Waals surface area contributed by atoms with Gasteiger partial charge in [0.15, 0.2) is 5.78 Å². The molecule has 3 aromatic rings. The van der Waals surface area contributed by atoms with E-state index in [1.54, 1.807) is 49.4 Å². The lowest BCUT2D eigenvalue weighted by atomic mass is 10.1. The van der Waals surface area contributed by atoms with Crippen molar-refractivity contribution >= 4 is 44.9 Å². The maximum absolute atomic E-state index is 12.6. The Morgan fingerprint density at radius 3 is 2.70 bits per heavy atom. The van der Waals surface area contributed by atoms with Gasteiger partial charge in [-0.25, -0.2) is 8.42 Å². The second-order valence-corrected chi connectivity index (χ2v) is 10.2. The van der Waals surface area contributed by atoms with Gasteiger partial charge in [0.05, 0.1) is 17.2 Å². The summed E-state index contributed by atoms with van der Waals surface area (Å²) in [7, 11) is -3.30. The van der Waals surface area contributed by atoms with Crippen molar-refractivity contribution in [2.45, 2.75) is 18.6 Å². The molecule has 0 aliphatic carbocycles. The molecule has 2 aromatic carbocycles. The van der Waals surface area contributed by atoms with E-state index in [4.69, 9.17) is 16.0 Å². The van der Waals surface area contributed by atoms with Crippen molar-refractivity contribution in [2.24, 2.45) is 0 Å². The monoisotopic (exact) mass is 463 g/mol. The number of hydrogen-bond acceptors (Lipinski definition) is 7. The van der Waals surface area contributed by atoms with Crippen LogP contribution >= 0.6 is 23.4 Å². The Morgan fingerprint density at radius 2 is 1.97 bits per heavy atom. The number of Topliss-reactive ketones (excluding diaryl/α,β-unsaturated/α-hetero) is 1. The minimum Gasteiger partial charge on any atom is -0.411 e. The third kappa shape index (κ3) is 4.23. The third-order valence-electron chi connectivity index (χ3n) is 4.78. The van der Waals surface area contributed by atoms with Crippen LogP contribution in [0, 0.1) is 0 Å². The Balaban J connectivity index is 1.42. The predicted octanol–water partition coefficient (Wildman–Crippen LogP) is 4.08. The standard InChI is InChI=1S/C20H18ClN3O4S2/c1-2-30(26,27)24-10-9-14-11-15(5-8-17(14)24)18(25)12-29-20-23-22-19(28-20)13-3-6-16(21)7-4-13/h3-8,11H,2,9-10,12H2,1H3. The molecular formula is C20H18ClN3O4S2. The van der Waals surface area contributed by atoms with Crippen LogP contribution < -0.4 is 4.31 Å². The van der Waals surface area contributed by atoms with Gasteiger partial charge in [0.1, 0.15) is 0 Å². The second-order valence-electron chi connectivity index (χ2n) is 6.66. The number of rotatable bonds is 7. The zero-order valence-corrected chi connectivity index (χ0v) is 18.4. The number of sulfonamides is 1. The number of fused-ring (bicyclic) bond motifs is 1. The molecule has 0 saturated carbocycles. The van der Waals surface area contributed by atoms with E-state index in [9.17, 15) is 13.2 Å². The lowest BCUT2D eigenvalue weighted by Crippen LogP contribution is -2.30. The molecule has 0 spiro atoms. The highest BCUT2D eigenvalue weighted by molar-refractivity contribution is 7.99. The zero-order valence-electron chi connectivity index (χ0n) is 16.0. The van der Waals surface area contributed by atoms with Gasteiger partial charge in [-0.3, -0.25) is 9.10 Å². The number of halogens is 1. The summed E-state index contributed by atoms with van der Waals surface area (Å²) in [6, 6.07) is 12.2. The van der Waals surface area contributed by atoms with Crippen molar-refractivity contribution in [2.75, 3.05) is 22.4 Å². The van der Waals surface area contributed by atoms with E-state index in [0.29, 0.717) is 40.4 Å². The molecule has 1 aliphatic rings. The van der Waals surface area contributed by atoms with Gasteiger partial charge in [-0.2, -0.15) is 0 Å². The maximum Gasteiger partial charge on any atom is 0.277 e. The van der Waals surface area contributed by atoms with Crippen LogP contribution in [-0.4, -0.2) is 42.4 Å². The van der Waals surface area contributed by atoms with Gasteiger partial charge in [-0.15, -0.1) is 10.2 Å². The SMILES string of the molecule is CCS(=O)(=O)N1CCc2cc(C(=O)CSc3nnc(-c4ccc(Cl)cc4)o3)ccc21. The number of carbonyl (C=O) groups excluding carboxylic acids is 1. The van der Waals surface area contributed by atoms with Crippen LogP contribution in [0.15, 0.2) is 52.1 Å². The molecule has 0 saturated heterocycles. The minimum absolute atomic E-state index is 0.0476. The second kappa shape index (κ2) is 8.41. The Morgan fingerprint density at radius 1 is 1.20 bits per heavy atom. The topological polar surface area (TPSA) is 93.4 Å². The first kappa shape index (κ1) is 20.9. The highest BCUT2D eigenvalue weighted by atomic mass is 35.5. The van der Waals surface area contributed by atoms with E-state index in [2.05, 4.69) is 10.2 Å². The average Bonchev–Trinajstić information content (AvgIpc) is 3.39. The van der Waals surface area contributed by atoms with E-state index in [1.165, 1.54) is 4.31 Å². The summed E-state index contributed by atoms with van der Waals surface area (Å²) in [5.74, 6) is 0.450. The molecule has 0 fully saturated rings. The molecule has 156 valence electrons. The molecule has 0 atom stereocenters. The van der Waals surface area contributed by atoms with E-state index < -0.39 is 10.0 Å². The number of anilines is 1. The Hall–Kier alpha value is -2.36. The molecule has 2 heterocycles. The minimum atomic E-state index is -3.30. The van der Waals surface area contributed by atoms with Crippen molar-refractivity contribution in [3.8, 4) is 11.5 Å². The number of carbonyl (C=O) groups is 1. The average molecular weight is 464 g/mol. The molecule has 0 unspecified atom stereocenters. The molecule has 4 rings (SSSR count). The molecule has 30 heavy (non-hydrogen) atoms. The molecular weight excluding hydrogens is 446 g/mol. The van der Waals surface area contributed by atoms with Crippen molar-refractivity contribution < 1.29 is 17.6 Å². The number of nitrogens with zero attached hydrogens (tertiary/aromatic N) is 3. The number of hydrogen-bond donors (Lipinski definition) is 0. The summed E-state index contributed by atoms with van der Waals surface area (Å²) >= 11 is 7.04. The summed E-state index contributed by atoms with van der Waals surface area (Å²) in [5, 5.41) is 8.89. The molecule has 1 aromatic heterocycles. The fourth-order valence-electron chi connectivity index (χ4n) is 3.18. The molecule has 0 radical (unpaired) electrons. The summed E-state index contributed by atoms with van der Waals surface area (Å²) in [6.07, 6.45) is 0.594. The van der Waals surface area contributed by atoms with Crippen LogP contribution in [0.3, 0.4) is 0 Å². The van der Waals surface area contributed by atoms with Crippen molar-refractivity contribution in [3.63, 3.8) is 0 Å². The van der Waals surface area contributed by atoms with Crippen molar-refractivity contribution in [3.05, 3.63) is 58.6 Å². The van der Waals surface area contributed by atoms with Gasteiger partial charge in [0.25, 0.3) is 5.22 Å². The zero-order chi connectivity index (χ0) is 21.3. The van der Waals surface area contributed by atoms with Crippen molar-refractivity contribution in [1.29, 1.82) is 0 Å². The number of aromatic nitrogens is 2. The molecule has 0 N–H and O–H groups in total. The van der Waals surface area contributed by atoms with Crippen LogP contribution in [0.4, 0.5) is 5.69 Å². The van der Waals surface area contributed by atoms with Gasteiger partial charge in [-0.1, -0.05) is 23.4 Å². The van der Waals surface area contributed by atoms with Crippen LogP contribution in [0.1, 0.15) is 22.8 Å². The summed E-state index contributed by atoms with van der Waals surface area (Å²) in [4.78, 5) is 12.6. The fraction of sp³-hybridized carbons (Fsp3) is 0.250. The number of thioether (sulfide) groups is 1. The van der Waals surface area contributed by atoms with E-state index in [1.807, 2.05) is 0 Å². The summed E-state index contributed by atoms with van der Waals surface area (Å²) in [6.45, 7) is 2.03. The van der Waals surface area contributed by atoms with Gasteiger partial charge in [0, 0.05) is 22.7 Å². The van der Waals surface area contributed by atoms with Crippen molar-refractivity contribution in [1.82, 2.24) is 10.2 Å². The lowest BCUT2D eigenvalue weighted by Gasteiger charge is -2.18. The van der Waals surface area contributed by atoms with Crippen LogP contribution in [0.25, 0.3) is 11.5 Å². The highest BCUT2D eigenvalue weighted by Gasteiger charge is 2.28. The van der Waals surface area contributed by atoms with Crippen LogP contribution in [0.5, 0.6) is 0 Å². The first-order valence-corrected chi connectivity index (χ1v) is 12.2. The maximum atomic E-state index is 12.6. The Kier molecular flexibility index (Phi) is 5.86. The van der Waals surface area contributed by atoms with E-state index in [-0.39, 0.29) is 17.3 Å². The molecule has 0 bridgehead atoms. The predicted molar refractivity (Wildman–Crippen MR) is 117 cm³/mol. The lowest BCUT2D eigenvalue weighted by molar-refractivity contribution is 0.102. The smallest absolute Gasteiger partial charge is 0.277 e. The van der Waals surface area contributed by atoms with Crippen LogP contribution in [0.2, 0.25) is 5.02 Å². The normalized spacial score (nSPS) is 13.5. The quantitative estimate of drug-likeness (QED) is 0.385. The third-order valence-corrected chi connectivity index (χ3v) is 7.63. The highest BCUT2D eigenvalue weighted by Crippen LogP contribution is 2.32. The van der Waals surface area contributed by atoms with Crippen LogP contribution in [-0.2, 0) is 16.4 Å². The van der Waals surface area contributed by atoms with E-state index in [0.717, 1.165) is 22.9 Å². The molecule has 0 amide bonds. The summed E-state index contributed by atoms with van der Waals surface area (Å²) < 4.78 is 31.4. The first-order valence-electron chi connectivity index (χ1n) is 9.26. The van der Waals surface area contributed by atoms with Gasteiger partial charge >= 0.3 is 0 Å². The largest absolute Gasteiger partial charge is 0.411 e.